The first-order chi connectivity index (χ1) is 18.3. The van der Waals surface area contributed by atoms with Crippen LogP contribution in [-0.4, -0.2) is 29.8 Å². The first kappa shape index (κ1) is 27.7. The molecule has 1 aliphatic heterocycles. The van der Waals surface area contributed by atoms with Crippen molar-refractivity contribution in [3.8, 4) is 0 Å². The van der Waals surface area contributed by atoms with Crippen LogP contribution in [0.1, 0.15) is 63.4 Å². The second kappa shape index (κ2) is 10.4. The van der Waals surface area contributed by atoms with E-state index in [0.29, 0.717) is 17.5 Å². The molecule has 0 spiro atoms. The summed E-state index contributed by atoms with van der Waals surface area (Å²) in [4.78, 5) is 42.0. The maximum Gasteiger partial charge on any atom is 0.416 e. The van der Waals surface area contributed by atoms with Gasteiger partial charge in [-0.15, -0.1) is 0 Å². The second-order valence-corrected chi connectivity index (χ2v) is 9.61. The van der Waals surface area contributed by atoms with Gasteiger partial charge in [-0.2, -0.15) is 13.2 Å². The average Bonchev–Trinajstić information content (AvgIpc) is 2.88. The monoisotopic (exact) mass is 546 g/mol. The summed E-state index contributed by atoms with van der Waals surface area (Å²) < 4.78 is 66.1. The summed E-state index contributed by atoms with van der Waals surface area (Å²) in [5, 5.41) is 4.88. The molecule has 12 heteroatoms. The van der Waals surface area contributed by atoms with Gasteiger partial charge in [-0.3, -0.25) is 19.4 Å². The van der Waals surface area contributed by atoms with E-state index in [-0.39, 0.29) is 30.0 Å². The summed E-state index contributed by atoms with van der Waals surface area (Å²) >= 11 is 0. The molecule has 0 aliphatic carbocycles. The summed E-state index contributed by atoms with van der Waals surface area (Å²) in [6.45, 7) is 3.91. The molecule has 0 bridgehead atoms. The van der Waals surface area contributed by atoms with Crippen LogP contribution in [0.15, 0.2) is 54.7 Å². The lowest BCUT2D eigenvalue weighted by Gasteiger charge is -2.39. The predicted octanol–water partition coefficient (Wildman–Crippen LogP) is 5.47. The van der Waals surface area contributed by atoms with E-state index in [1.807, 2.05) is 13.8 Å². The van der Waals surface area contributed by atoms with Crippen molar-refractivity contribution in [3.05, 3.63) is 88.2 Å². The molecule has 3 amide bonds. The van der Waals surface area contributed by atoms with Crippen molar-refractivity contribution in [1.29, 1.82) is 0 Å². The van der Waals surface area contributed by atoms with Crippen molar-refractivity contribution < 1.29 is 36.3 Å². The van der Waals surface area contributed by atoms with Gasteiger partial charge in [-0.05, 0) is 53.6 Å². The fraction of sp³-hybridized carbons (Fsp3) is 0.259. The Kier molecular flexibility index (Phi) is 7.40. The number of alkyl halides is 5. The van der Waals surface area contributed by atoms with Crippen LogP contribution < -0.4 is 15.5 Å². The fourth-order valence-electron chi connectivity index (χ4n) is 4.45. The number of benzene rings is 2. The summed E-state index contributed by atoms with van der Waals surface area (Å²) in [5.41, 5.74) is -0.970. The molecule has 2 aromatic carbocycles. The van der Waals surface area contributed by atoms with Crippen LogP contribution in [0.5, 0.6) is 0 Å². The first-order valence-corrected chi connectivity index (χ1v) is 11.7. The highest BCUT2D eigenvalue weighted by molar-refractivity contribution is 6.10. The number of amides is 3. The highest BCUT2D eigenvalue weighted by Crippen LogP contribution is 2.38. The number of nitrogens with one attached hydrogen (secondary N) is 2. The van der Waals surface area contributed by atoms with Gasteiger partial charge in [0.25, 0.3) is 18.2 Å². The Labute approximate surface area is 220 Å². The molecule has 1 aromatic heterocycles. The van der Waals surface area contributed by atoms with E-state index in [9.17, 15) is 36.3 Å². The summed E-state index contributed by atoms with van der Waals surface area (Å²) in [5.74, 6) is -1.38. The van der Waals surface area contributed by atoms with Gasteiger partial charge in [0.2, 0.25) is 6.41 Å². The van der Waals surface area contributed by atoms with E-state index >= 15 is 0 Å². The van der Waals surface area contributed by atoms with Crippen LogP contribution in [0, 0.1) is 0 Å². The smallest absolute Gasteiger partial charge is 0.355 e. The molecule has 204 valence electrons. The fourth-order valence-corrected chi connectivity index (χ4v) is 4.45. The molecule has 0 unspecified atom stereocenters. The lowest BCUT2D eigenvalue weighted by Crippen LogP contribution is -2.47. The number of pyridine rings is 1. The third kappa shape index (κ3) is 5.74. The van der Waals surface area contributed by atoms with Gasteiger partial charge in [0.05, 0.1) is 11.1 Å². The van der Waals surface area contributed by atoms with E-state index in [1.54, 1.807) is 6.07 Å². The van der Waals surface area contributed by atoms with Gasteiger partial charge < -0.3 is 15.5 Å². The van der Waals surface area contributed by atoms with Crippen LogP contribution in [0.2, 0.25) is 0 Å². The molecule has 0 fully saturated rings. The average molecular weight is 546 g/mol. The van der Waals surface area contributed by atoms with Crippen LogP contribution in [-0.2, 0) is 22.9 Å². The molecule has 0 atom stereocenters. The zero-order valence-electron chi connectivity index (χ0n) is 20.8. The Bertz CT molecular complexity index is 1420. The number of anilines is 2. The molecule has 2 N–H and O–H groups in total. The minimum absolute atomic E-state index is 0.0253. The molecular weight excluding hydrogens is 523 g/mol. The SMILES string of the molecule is CC1(C)CN(c2ccc(C(F)(F)F)cc2)C(=O)c2cc(NC(=O)c3cc(CNC=O)cnc3C(F)F)ccc21. The van der Waals surface area contributed by atoms with Crippen molar-refractivity contribution in [2.45, 2.75) is 38.4 Å². The summed E-state index contributed by atoms with van der Waals surface area (Å²) in [6.07, 6.45) is -6.01. The van der Waals surface area contributed by atoms with E-state index in [1.165, 1.54) is 35.2 Å². The number of fused-ring (bicyclic) bond motifs is 1. The maximum atomic E-state index is 13.5. The Morgan fingerprint density at radius 1 is 1.13 bits per heavy atom. The molecule has 0 saturated heterocycles. The van der Waals surface area contributed by atoms with Crippen molar-refractivity contribution in [3.63, 3.8) is 0 Å². The number of aromatic nitrogens is 1. The van der Waals surface area contributed by atoms with Gasteiger partial charge in [-0.1, -0.05) is 19.9 Å². The van der Waals surface area contributed by atoms with E-state index in [0.717, 1.165) is 18.3 Å². The van der Waals surface area contributed by atoms with Gasteiger partial charge in [-0.25, -0.2) is 8.78 Å². The normalized spacial score (nSPS) is 14.7. The van der Waals surface area contributed by atoms with Crippen LogP contribution >= 0.6 is 0 Å². The van der Waals surface area contributed by atoms with E-state index in [2.05, 4.69) is 15.6 Å². The molecule has 39 heavy (non-hydrogen) atoms. The summed E-state index contributed by atoms with van der Waals surface area (Å²) in [7, 11) is 0. The van der Waals surface area contributed by atoms with Crippen LogP contribution in [0.25, 0.3) is 0 Å². The number of hydrogen-bond acceptors (Lipinski definition) is 4. The topological polar surface area (TPSA) is 91.4 Å². The Morgan fingerprint density at radius 2 is 1.82 bits per heavy atom. The number of halogens is 5. The standard InChI is InChI=1S/C27H23F5N4O3/c1-26(2)13-36(18-6-3-16(4-7-18)27(30,31)32)25(39)19-10-17(5-8-21(19)26)35-24(38)20-9-15(11-33-14-37)12-34-22(20)23(28)29/h3-10,12,14,23H,11,13H2,1-2H3,(H,33,37)(H,35,38). The molecule has 0 radical (unpaired) electrons. The molecule has 0 saturated carbocycles. The minimum Gasteiger partial charge on any atom is -0.355 e. The van der Waals surface area contributed by atoms with E-state index in [4.69, 9.17) is 0 Å². The third-order valence-corrected chi connectivity index (χ3v) is 6.36. The number of rotatable bonds is 7. The Morgan fingerprint density at radius 3 is 2.44 bits per heavy atom. The molecular formula is C27H23F5N4O3. The van der Waals surface area contributed by atoms with Crippen molar-refractivity contribution in [2.24, 2.45) is 0 Å². The molecule has 2 heterocycles. The van der Waals surface area contributed by atoms with Crippen molar-refractivity contribution in [1.82, 2.24) is 10.3 Å². The quantitative estimate of drug-likeness (QED) is 0.304. The zero-order chi connectivity index (χ0) is 28.5. The zero-order valence-corrected chi connectivity index (χ0v) is 20.8. The lowest BCUT2D eigenvalue weighted by atomic mass is 9.77. The van der Waals surface area contributed by atoms with Gasteiger partial charge >= 0.3 is 6.18 Å². The number of carbonyl (C=O) groups excluding carboxylic acids is 3. The number of nitrogens with zero attached hydrogens (tertiary/aromatic N) is 2. The van der Waals surface area contributed by atoms with Gasteiger partial charge in [0, 0.05) is 41.6 Å². The lowest BCUT2D eigenvalue weighted by molar-refractivity contribution is -0.137. The van der Waals surface area contributed by atoms with Crippen molar-refractivity contribution >= 4 is 29.6 Å². The first-order valence-electron chi connectivity index (χ1n) is 11.7. The second-order valence-electron chi connectivity index (χ2n) is 9.61. The maximum absolute atomic E-state index is 13.5. The summed E-state index contributed by atoms with van der Waals surface area (Å²) in [6, 6.07) is 10.0. The van der Waals surface area contributed by atoms with Gasteiger partial charge in [0.15, 0.2) is 0 Å². The molecule has 7 nitrogen and oxygen atoms in total. The number of carbonyl (C=O) groups is 3. The van der Waals surface area contributed by atoms with Crippen LogP contribution in [0.4, 0.5) is 33.3 Å². The largest absolute Gasteiger partial charge is 0.416 e. The Hall–Kier alpha value is -4.35. The predicted molar refractivity (Wildman–Crippen MR) is 133 cm³/mol. The molecule has 4 rings (SSSR count). The van der Waals surface area contributed by atoms with Crippen molar-refractivity contribution in [2.75, 3.05) is 16.8 Å². The highest BCUT2D eigenvalue weighted by Gasteiger charge is 2.38. The third-order valence-electron chi connectivity index (χ3n) is 6.36. The van der Waals surface area contributed by atoms with Gasteiger partial charge in [0.1, 0.15) is 5.69 Å². The molecule has 1 aliphatic rings. The Balaban J connectivity index is 1.65. The number of hydrogen-bond donors (Lipinski definition) is 2. The minimum atomic E-state index is -4.52. The van der Waals surface area contributed by atoms with Crippen LogP contribution in [0.3, 0.4) is 0 Å². The molecule has 3 aromatic rings. The van der Waals surface area contributed by atoms with E-state index < -0.39 is 46.7 Å². The highest BCUT2D eigenvalue weighted by atomic mass is 19.4.